The van der Waals surface area contributed by atoms with Crippen LogP contribution in [0.4, 0.5) is 0 Å². The Labute approximate surface area is 138 Å². The Balaban J connectivity index is 1.82. The number of carbonyl (C=O) groups excluding carboxylic acids is 1. The molecule has 0 radical (unpaired) electrons. The minimum Gasteiger partial charge on any atom is -0.496 e. The summed E-state index contributed by atoms with van der Waals surface area (Å²) in [5, 5.41) is 9.08. The lowest BCUT2D eigenvalue weighted by molar-refractivity contribution is -0.136. The predicted molar refractivity (Wildman–Crippen MR) is 84.9 cm³/mol. The molecule has 3 rings (SSSR count). The maximum Gasteiger partial charge on any atom is 0.339 e. The summed E-state index contributed by atoms with van der Waals surface area (Å²) in [5.74, 6) is -0.866. The Morgan fingerprint density at radius 1 is 1.21 bits per heavy atom. The molecule has 0 bridgehead atoms. The normalized spacial score (nSPS) is 15.8. The van der Waals surface area contributed by atoms with E-state index in [1.807, 2.05) is 24.3 Å². The Hall–Kier alpha value is -3.02. The number of aromatic carboxylic acids is 1. The van der Waals surface area contributed by atoms with Crippen molar-refractivity contribution in [1.29, 1.82) is 0 Å². The van der Waals surface area contributed by atoms with Crippen LogP contribution in [0.2, 0.25) is 0 Å². The summed E-state index contributed by atoms with van der Waals surface area (Å²) < 4.78 is 16.0. The van der Waals surface area contributed by atoms with Gasteiger partial charge in [0.2, 0.25) is 0 Å². The number of fused-ring (bicyclic) bond motifs is 1. The van der Waals surface area contributed by atoms with Crippen LogP contribution < -0.4 is 14.2 Å². The second-order valence-electron chi connectivity index (χ2n) is 5.32. The van der Waals surface area contributed by atoms with E-state index >= 15 is 0 Å². The molecule has 2 aromatic rings. The van der Waals surface area contributed by atoms with Crippen LogP contribution in [-0.2, 0) is 4.79 Å². The molecule has 1 unspecified atom stereocenters. The fourth-order valence-corrected chi connectivity index (χ4v) is 2.69. The standard InChI is InChI=1S/C18H16O6/c1-22-16-10-11(6-7-14(16)17(19)20)24-18(21)13-8-9-23-15-5-3-2-4-12(13)15/h2-7,10,13H,8-9H2,1H3,(H,19,20). The highest BCUT2D eigenvalue weighted by atomic mass is 16.5. The summed E-state index contributed by atoms with van der Waals surface area (Å²) in [6.07, 6.45) is 0.528. The molecule has 1 aliphatic heterocycles. The largest absolute Gasteiger partial charge is 0.496 e. The number of rotatable bonds is 4. The number of benzene rings is 2. The number of carboxylic acids is 1. The summed E-state index contributed by atoms with van der Waals surface area (Å²) in [4.78, 5) is 23.6. The molecule has 6 heteroatoms. The van der Waals surface area contributed by atoms with Crippen molar-refractivity contribution in [2.24, 2.45) is 0 Å². The molecule has 24 heavy (non-hydrogen) atoms. The van der Waals surface area contributed by atoms with E-state index in [0.717, 1.165) is 5.56 Å². The van der Waals surface area contributed by atoms with Gasteiger partial charge in [0.25, 0.3) is 0 Å². The van der Waals surface area contributed by atoms with E-state index in [1.165, 1.54) is 25.3 Å². The van der Waals surface area contributed by atoms with Crippen LogP contribution in [0.1, 0.15) is 28.3 Å². The molecule has 6 nitrogen and oxygen atoms in total. The number of hydrogen-bond donors (Lipinski definition) is 1. The third-order valence-corrected chi connectivity index (χ3v) is 3.86. The first kappa shape index (κ1) is 15.9. The van der Waals surface area contributed by atoms with E-state index < -0.39 is 17.9 Å². The van der Waals surface area contributed by atoms with Gasteiger partial charge in [-0.3, -0.25) is 4.79 Å². The molecular weight excluding hydrogens is 312 g/mol. The van der Waals surface area contributed by atoms with Crippen LogP contribution in [0.25, 0.3) is 0 Å². The number of carbonyl (C=O) groups is 2. The lowest BCUT2D eigenvalue weighted by atomic mass is 9.93. The van der Waals surface area contributed by atoms with Crippen LogP contribution in [0.3, 0.4) is 0 Å². The molecule has 0 aromatic heterocycles. The monoisotopic (exact) mass is 328 g/mol. The van der Waals surface area contributed by atoms with E-state index in [4.69, 9.17) is 19.3 Å². The summed E-state index contributed by atoms with van der Waals surface area (Å²) >= 11 is 0. The zero-order valence-corrected chi connectivity index (χ0v) is 13.0. The van der Waals surface area contributed by atoms with Gasteiger partial charge in [0, 0.05) is 11.6 Å². The number of esters is 1. The molecule has 1 heterocycles. The van der Waals surface area contributed by atoms with Crippen molar-refractivity contribution in [3.05, 3.63) is 53.6 Å². The quantitative estimate of drug-likeness (QED) is 0.686. The minimum absolute atomic E-state index is 0.00807. The molecule has 1 atom stereocenters. The number of para-hydroxylation sites is 1. The topological polar surface area (TPSA) is 82.1 Å². The zero-order valence-electron chi connectivity index (χ0n) is 13.0. The lowest BCUT2D eigenvalue weighted by Gasteiger charge is -2.24. The predicted octanol–water partition coefficient (Wildman–Crippen LogP) is 2.87. The SMILES string of the molecule is COc1cc(OC(=O)C2CCOc3ccccc32)ccc1C(=O)O. The molecule has 0 fully saturated rings. The highest BCUT2D eigenvalue weighted by Gasteiger charge is 2.29. The van der Waals surface area contributed by atoms with Crippen molar-refractivity contribution in [3.63, 3.8) is 0 Å². The molecular formula is C18H16O6. The minimum atomic E-state index is -1.11. The Morgan fingerprint density at radius 3 is 2.75 bits per heavy atom. The van der Waals surface area contributed by atoms with Crippen molar-refractivity contribution >= 4 is 11.9 Å². The second-order valence-corrected chi connectivity index (χ2v) is 5.32. The number of carboxylic acid groups (broad SMARTS) is 1. The maximum atomic E-state index is 12.5. The Kier molecular flexibility index (Phi) is 4.37. The molecule has 1 N–H and O–H groups in total. The Bertz CT molecular complexity index is 783. The van der Waals surface area contributed by atoms with Crippen LogP contribution in [0.15, 0.2) is 42.5 Å². The summed E-state index contributed by atoms with van der Waals surface area (Å²) in [7, 11) is 1.36. The molecule has 2 aromatic carbocycles. The average molecular weight is 328 g/mol. The maximum absolute atomic E-state index is 12.5. The van der Waals surface area contributed by atoms with Gasteiger partial charge in [0.15, 0.2) is 0 Å². The summed E-state index contributed by atoms with van der Waals surface area (Å²) in [6.45, 7) is 0.443. The fourth-order valence-electron chi connectivity index (χ4n) is 2.69. The molecule has 0 amide bonds. The van der Waals surface area contributed by atoms with Crippen LogP contribution >= 0.6 is 0 Å². The van der Waals surface area contributed by atoms with Gasteiger partial charge in [-0.05, 0) is 24.6 Å². The number of hydrogen-bond acceptors (Lipinski definition) is 5. The van der Waals surface area contributed by atoms with Crippen molar-refractivity contribution in [1.82, 2.24) is 0 Å². The van der Waals surface area contributed by atoms with Gasteiger partial charge < -0.3 is 19.3 Å². The molecule has 0 aliphatic carbocycles. The van der Waals surface area contributed by atoms with E-state index in [-0.39, 0.29) is 17.1 Å². The zero-order chi connectivity index (χ0) is 17.1. The van der Waals surface area contributed by atoms with Crippen molar-refractivity contribution in [2.45, 2.75) is 12.3 Å². The Morgan fingerprint density at radius 2 is 2.00 bits per heavy atom. The van der Waals surface area contributed by atoms with Crippen LogP contribution in [-0.4, -0.2) is 30.8 Å². The van der Waals surface area contributed by atoms with E-state index in [2.05, 4.69) is 0 Å². The van der Waals surface area contributed by atoms with Gasteiger partial charge in [-0.25, -0.2) is 4.79 Å². The van der Waals surface area contributed by atoms with E-state index in [9.17, 15) is 9.59 Å². The van der Waals surface area contributed by atoms with Gasteiger partial charge in [-0.15, -0.1) is 0 Å². The van der Waals surface area contributed by atoms with Crippen LogP contribution in [0.5, 0.6) is 17.2 Å². The van der Waals surface area contributed by atoms with Crippen LogP contribution in [0, 0.1) is 0 Å². The lowest BCUT2D eigenvalue weighted by Crippen LogP contribution is -2.25. The molecule has 0 saturated heterocycles. The summed E-state index contributed by atoms with van der Waals surface area (Å²) in [5.41, 5.74) is 0.802. The second kappa shape index (κ2) is 6.62. The van der Waals surface area contributed by atoms with Gasteiger partial charge in [0.1, 0.15) is 22.8 Å². The first-order valence-corrected chi connectivity index (χ1v) is 7.45. The molecule has 0 saturated carbocycles. The van der Waals surface area contributed by atoms with Gasteiger partial charge in [0.05, 0.1) is 19.6 Å². The average Bonchev–Trinajstić information content (AvgIpc) is 2.60. The third-order valence-electron chi connectivity index (χ3n) is 3.86. The molecule has 1 aliphatic rings. The van der Waals surface area contributed by atoms with Crippen molar-refractivity contribution < 1.29 is 28.9 Å². The third kappa shape index (κ3) is 3.03. The fraction of sp³-hybridized carbons (Fsp3) is 0.222. The van der Waals surface area contributed by atoms with E-state index in [0.29, 0.717) is 18.8 Å². The first-order valence-electron chi connectivity index (χ1n) is 7.45. The molecule has 0 spiro atoms. The van der Waals surface area contributed by atoms with Gasteiger partial charge in [-0.2, -0.15) is 0 Å². The first-order chi connectivity index (χ1) is 11.6. The van der Waals surface area contributed by atoms with Gasteiger partial charge >= 0.3 is 11.9 Å². The van der Waals surface area contributed by atoms with Crippen molar-refractivity contribution in [3.8, 4) is 17.2 Å². The number of methoxy groups -OCH3 is 1. The van der Waals surface area contributed by atoms with E-state index in [1.54, 1.807) is 0 Å². The summed E-state index contributed by atoms with van der Waals surface area (Å²) in [6, 6.07) is 11.5. The highest BCUT2D eigenvalue weighted by molar-refractivity contribution is 5.91. The van der Waals surface area contributed by atoms with Crippen molar-refractivity contribution in [2.75, 3.05) is 13.7 Å². The number of ether oxygens (including phenoxy) is 3. The van der Waals surface area contributed by atoms with Gasteiger partial charge in [-0.1, -0.05) is 18.2 Å². The smallest absolute Gasteiger partial charge is 0.339 e. The molecule has 124 valence electrons. The highest BCUT2D eigenvalue weighted by Crippen LogP contribution is 2.35.